The van der Waals surface area contributed by atoms with Gasteiger partial charge in [-0.15, -0.1) is 0 Å². The molecule has 19 heavy (non-hydrogen) atoms. The van der Waals surface area contributed by atoms with Gasteiger partial charge in [-0.1, -0.05) is 0 Å². The van der Waals surface area contributed by atoms with Crippen LogP contribution in [-0.4, -0.2) is 71.9 Å². The summed E-state index contributed by atoms with van der Waals surface area (Å²) in [7, 11) is 2.21. The lowest BCUT2D eigenvalue weighted by Gasteiger charge is -2.46. The first-order chi connectivity index (χ1) is 8.85. The van der Waals surface area contributed by atoms with Crippen LogP contribution in [0.2, 0.25) is 0 Å². The molecule has 1 aliphatic carbocycles. The predicted molar refractivity (Wildman–Crippen MR) is 79.4 cm³/mol. The smallest absolute Gasteiger partial charge is 0.0611 e. The van der Waals surface area contributed by atoms with E-state index in [9.17, 15) is 5.11 Å². The Balaban J connectivity index is 1.80. The van der Waals surface area contributed by atoms with Gasteiger partial charge in [0.15, 0.2) is 0 Å². The fraction of sp³-hybridized carbons (Fsp3) is 1.00. The van der Waals surface area contributed by atoms with Crippen molar-refractivity contribution in [3.8, 4) is 0 Å². The summed E-state index contributed by atoms with van der Waals surface area (Å²) in [6, 6.07) is 0.654. The molecule has 0 aromatic heterocycles. The van der Waals surface area contributed by atoms with Gasteiger partial charge in [-0.3, -0.25) is 4.90 Å². The van der Waals surface area contributed by atoms with Gasteiger partial charge in [0, 0.05) is 43.3 Å². The van der Waals surface area contributed by atoms with Crippen LogP contribution in [0.5, 0.6) is 0 Å². The molecule has 1 heterocycles. The SMILES string of the molecule is CN1CCN(CCC(C)(CO)NC2CC2)CC1(C)C. The van der Waals surface area contributed by atoms with E-state index >= 15 is 0 Å². The number of hydrogen-bond acceptors (Lipinski definition) is 4. The van der Waals surface area contributed by atoms with E-state index in [4.69, 9.17) is 0 Å². The van der Waals surface area contributed by atoms with E-state index < -0.39 is 0 Å². The Kier molecular flexibility index (Phi) is 4.56. The Bertz CT molecular complexity index is 304. The molecular formula is C15H31N3O. The minimum absolute atomic E-state index is 0.103. The second kappa shape index (κ2) is 5.68. The second-order valence-electron chi connectivity index (χ2n) is 7.40. The molecule has 2 rings (SSSR count). The molecule has 0 aromatic carbocycles. The number of aliphatic hydroxyl groups is 1. The Morgan fingerprint density at radius 3 is 2.53 bits per heavy atom. The van der Waals surface area contributed by atoms with Crippen molar-refractivity contribution in [1.29, 1.82) is 0 Å². The summed E-state index contributed by atoms with van der Waals surface area (Å²) >= 11 is 0. The summed E-state index contributed by atoms with van der Waals surface area (Å²) in [5, 5.41) is 13.2. The standard InChI is InChI=1S/C15H31N3O/c1-14(2)11-18(10-9-17(14)4)8-7-15(3,12-19)16-13-5-6-13/h13,16,19H,5-12H2,1-4H3. The summed E-state index contributed by atoms with van der Waals surface area (Å²) in [6.07, 6.45) is 3.58. The number of hydrogen-bond donors (Lipinski definition) is 2. The maximum absolute atomic E-state index is 9.65. The lowest BCUT2D eigenvalue weighted by atomic mass is 9.96. The summed E-state index contributed by atoms with van der Waals surface area (Å²) in [5.41, 5.74) is 0.159. The lowest BCUT2D eigenvalue weighted by Crippen LogP contribution is -2.58. The van der Waals surface area contributed by atoms with Gasteiger partial charge in [-0.25, -0.2) is 0 Å². The zero-order chi connectivity index (χ0) is 14.1. The highest BCUT2D eigenvalue weighted by Crippen LogP contribution is 2.25. The van der Waals surface area contributed by atoms with Crippen molar-refractivity contribution in [2.45, 2.75) is 57.2 Å². The zero-order valence-corrected chi connectivity index (χ0v) is 13.1. The zero-order valence-electron chi connectivity index (χ0n) is 13.1. The van der Waals surface area contributed by atoms with Crippen LogP contribution in [0.4, 0.5) is 0 Å². The molecule has 1 atom stereocenters. The topological polar surface area (TPSA) is 38.7 Å². The normalized spacial score (nSPS) is 28.3. The number of piperazine rings is 1. The number of aliphatic hydroxyl groups excluding tert-OH is 1. The number of likely N-dealkylation sites (N-methyl/N-ethyl adjacent to an activating group) is 1. The van der Waals surface area contributed by atoms with Crippen molar-refractivity contribution >= 4 is 0 Å². The van der Waals surface area contributed by atoms with Crippen LogP contribution < -0.4 is 5.32 Å². The molecule has 112 valence electrons. The molecule has 2 fully saturated rings. The van der Waals surface area contributed by atoms with Crippen molar-refractivity contribution in [3.05, 3.63) is 0 Å². The first-order valence-electron chi connectivity index (χ1n) is 7.67. The fourth-order valence-electron chi connectivity index (χ4n) is 2.85. The average molecular weight is 269 g/mol. The van der Waals surface area contributed by atoms with Crippen LogP contribution in [-0.2, 0) is 0 Å². The van der Waals surface area contributed by atoms with Crippen LogP contribution in [0.15, 0.2) is 0 Å². The molecule has 1 saturated carbocycles. The summed E-state index contributed by atoms with van der Waals surface area (Å²) in [6.45, 7) is 11.5. The highest BCUT2D eigenvalue weighted by atomic mass is 16.3. The number of rotatable bonds is 6. The molecule has 0 spiro atoms. The van der Waals surface area contributed by atoms with E-state index in [-0.39, 0.29) is 17.7 Å². The summed E-state index contributed by atoms with van der Waals surface area (Å²) < 4.78 is 0. The van der Waals surface area contributed by atoms with E-state index in [1.807, 2.05) is 0 Å². The highest BCUT2D eigenvalue weighted by molar-refractivity contribution is 4.94. The van der Waals surface area contributed by atoms with Crippen molar-refractivity contribution in [3.63, 3.8) is 0 Å². The van der Waals surface area contributed by atoms with Crippen molar-refractivity contribution < 1.29 is 5.11 Å². The minimum Gasteiger partial charge on any atom is -0.394 e. The van der Waals surface area contributed by atoms with E-state index in [0.717, 1.165) is 32.6 Å². The molecule has 2 aliphatic rings. The molecule has 4 heteroatoms. The monoisotopic (exact) mass is 269 g/mol. The Morgan fingerprint density at radius 2 is 2.00 bits per heavy atom. The van der Waals surface area contributed by atoms with Gasteiger partial charge in [-0.05, 0) is 47.1 Å². The summed E-state index contributed by atoms with van der Waals surface area (Å²) in [4.78, 5) is 4.99. The van der Waals surface area contributed by atoms with Crippen LogP contribution in [0.3, 0.4) is 0 Å². The van der Waals surface area contributed by atoms with Gasteiger partial charge in [0.1, 0.15) is 0 Å². The van der Waals surface area contributed by atoms with E-state index in [0.29, 0.717) is 6.04 Å². The van der Waals surface area contributed by atoms with Gasteiger partial charge >= 0.3 is 0 Å². The quantitative estimate of drug-likeness (QED) is 0.752. The van der Waals surface area contributed by atoms with Crippen molar-refractivity contribution in [2.24, 2.45) is 0 Å². The number of nitrogens with zero attached hydrogens (tertiary/aromatic N) is 2. The van der Waals surface area contributed by atoms with Crippen LogP contribution >= 0.6 is 0 Å². The third-order valence-corrected chi connectivity index (χ3v) is 4.85. The van der Waals surface area contributed by atoms with Crippen LogP contribution in [0, 0.1) is 0 Å². The molecule has 0 amide bonds. The van der Waals surface area contributed by atoms with E-state index in [1.54, 1.807) is 0 Å². The van der Waals surface area contributed by atoms with Gasteiger partial charge in [0.25, 0.3) is 0 Å². The summed E-state index contributed by atoms with van der Waals surface area (Å²) in [5.74, 6) is 0. The van der Waals surface area contributed by atoms with Crippen molar-refractivity contribution in [2.75, 3.05) is 39.8 Å². The first kappa shape index (κ1) is 15.2. The molecule has 2 N–H and O–H groups in total. The molecule has 1 aliphatic heterocycles. The third-order valence-electron chi connectivity index (χ3n) is 4.85. The molecule has 1 saturated heterocycles. The van der Waals surface area contributed by atoms with Crippen molar-refractivity contribution in [1.82, 2.24) is 15.1 Å². The van der Waals surface area contributed by atoms with Gasteiger partial charge < -0.3 is 15.3 Å². The average Bonchev–Trinajstić information content (AvgIpc) is 3.14. The highest BCUT2D eigenvalue weighted by Gasteiger charge is 2.34. The van der Waals surface area contributed by atoms with Crippen LogP contribution in [0.1, 0.15) is 40.0 Å². The molecule has 0 bridgehead atoms. The van der Waals surface area contributed by atoms with Crippen LogP contribution in [0.25, 0.3) is 0 Å². The largest absolute Gasteiger partial charge is 0.394 e. The van der Waals surface area contributed by atoms with Gasteiger partial charge in [0.05, 0.1) is 6.61 Å². The molecular weight excluding hydrogens is 238 g/mol. The minimum atomic E-state index is -0.103. The van der Waals surface area contributed by atoms with Gasteiger partial charge in [-0.2, -0.15) is 0 Å². The Morgan fingerprint density at radius 1 is 1.32 bits per heavy atom. The third kappa shape index (κ3) is 4.15. The maximum Gasteiger partial charge on any atom is 0.0611 e. The molecule has 4 nitrogen and oxygen atoms in total. The number of nitrogens with one attached hydrogen (secondary N) is 1. The first-order valence-corrected chi connectivity index (χ1v) is 7.67. The van der Waals surface area contributed by atoms with E-state index in [1.165, 1.54) is 12.8 Å². The molecule has 0 aromatic rings. The fourth-order valence-corrected chi connectivity index (χ4v) is 2.85. The van der Waals surface area contributed by atoms with Gasteiger partial charge in [0.2, 0.25) is 0 Å². The predicted octanol–water partition coefficient (Wildman–Crippen LogP) is 0.906. The Labute approximate surface area is 118 Å². The second-order valence-corrected chi connectivity index (χ2v) is 7.40. The van der Waals surface area contributed by atoms with E-state index in [2.05, 4.69) is 42.9 Å². The lowest BCUT2D eigenvalue weighted by molar-refractivity contribution is 0.0324. The molecule has 0 radical (unpaired) electrons. The Hall–Kier alpha value is -0.160. The molecule has 1 unspecified atom stereocenters. The maximum atomic E-state index is 9.65.